The fourth-order valence-corrected chi connectivity index (χ4v) is 4.04. The summed E-state index contributed by atoms with van der Waals surface area (Å²) in [5, 5.41) is 3.45. The van der Waals surface area contributed by atoms with E-state index in [0.717, 1.165) is 56.0 Å². The van der Waals surface area contributed by atoms with Crippen molar-refractivity contribution in [2.24, 2.45) is 10.9 Å². The topological polar surface area (TPSA) is 53.0 Å². The molecule has 1 N–H and O–H groups in total. The van der Waals surface area contributed by atoms with Gasteiger partial charge < -0.3 is 19.9 Å². The average Bonchev–Trinajstić information content (AvgIpc) is 2.65. The van der Waals surface area contributed by atoms with Crippen LogP contribution in [-0.2, 0) is 11.3 Å². The number of guanidine groups is 1. The lowest BCUT2D eigenvalue weighted by Gasteiger charge is -2.36. The first-order valence-electron chi connectivity index (χ1n) is 10.4. The highest BCUT2D eigenvalue weighted by molar-refractivity contribution is 5.80. The molecular weight excluding hydrogens is 338 g/mol. The minimum absolute atomic E-state index is 0.245. The molecular formula is C21H35N5O. The number of aromatic nitrogens is 1. The Bertz CT molecular complexity index is 608. The molecule has 6 nitrogen and oxygen atoms in total. The molecule has 0 spiro atoms. The van der Waals surface area contributed by atoms with Crippen LogP contribution in [-0.4, -0.2) is 60.8 Å². The van der Waals surface area contributed by atoms with Gasteiger partial charge >= 0.3 is 0 Å². The third kappa shape index (κ3) is 5.58. The summed E-state index contributed by atoms with van der Waals surface area (Å²) in [7, 11) is 0. The second kappa shape index (κ2) is 9.40. The second-order valence-corrected chi connectivity index (χ2v) is 8.05. The van der Waals surface area contributed by atoms with Crippen LogP contribution in [0, 0.1) is 5.92 Å². The van der Waals surface area contributed by atoms with Gasteiger partial charge in [-0.1, -0.05) is 13.0 Å². The SMILES string of the molecule is CCNC(=NCc1ccc(N2CC(C)OC(C)C2)nc1)N1CCCC(C)C1. The van der Waals surface area contributed by atoms with Crippen LogP contribution in [0.2, 0.25) is 0 Å². The molecule has 0 amide bonds. The minimum atomic E-state index is 0.245. The molecule has 0 aliphatic carbocycles. The first-order valence-corrected chi connectivity index (χ1v) is 10.4. The Balaban J connectivity index is 1.63. The van der Waals surface area contributed by atoms with Crippen LogP contribution in [0.4, 0.5) is 5.82 Å². The summed E-state index contributed by atoms with van der Waals surface area (Å²) < 4.78 is 5.82. The van der Waals surface area contributed by atoms with Gasteiger partial charge in [0.2, 0.25) is 0 Å². The zero-order valence-electron chi connectivity index (χ0n) is 17.3. The molecule has 2 aliphatic heterocycles. The van der Waals surface area contributed by atoms with Gasteiger partial charge in [-0.15, -0.1) is 0 Å². The standard InChI is InChI=1S/C21H35N5O/c1-5-22-21(25-10-6-7-16(2)13-25)24-12-19-8-9-20(23-11-19)26-14-17(3)27-18(4)15-26/h8-9,11,16-18H,5-7,10,12-15H2,1-4H3,(H,22,24). The molecule has 3 atom stereocenters. The smallest absolute Gasteiger partial charge is 0.194 e. The first-order chi connectivity index (χ1) is 13.0. The lowest BCUT2D eigenvalue weighted by atomic mass is 10.0. The van der Waals surface area contributed by atoms with Gasteiger partial charge in [-0.05, 0) is 51.2 Å². The van der Waals surface area contributed by atoms with Crippen molar-refractivity contribution in [3.05, 3.63) is 23.9 Å². The van der Waals surface area contributed by atoms with Crippen molar-refractivity contribution in [3.8, 4) is 0 Å². The molecule has 3 rings (SSSR count). The van der Waals surface area contributed by atoms with Crippen LogP contribution in [0.1, 0.15) is 46.1 Å². The molecule has 0 radical (unpaired) electrons. The summed E-state index contributed by atoms with van der Waals surface area (Å²) in [6.45, 7) is 14.2. The van der Waals surface area contributed by atoms with Gasteiger partial charge in [-0.2, -0.15) is 0 Å². The monoisotopic (exact) mass is 373 g/mol. The third-order valence-corrected chi connectivity index (χ3v) is 5.26. The Kier molecular flexibility index (Phi) is 6.94. The van der Waals surface area contributed by atoms with E-state index in [-0.39, 0.29) is 12.2 Å². The molecule has 0 bridgehead atoms. The summed E-state index contributed by atoms with van der Waals surface area (Å²) in [5.74, 6) is 2.80. The number of piperidine rings is 1. The molecule has 2 saturated heterocycles. The number of anilines is 1. The summed E-state index contributed by atoms with van der Waals surface area (Å²) >= 11 is 0. The highest BCUT2D eigenvalue weighted by Crippen LogP contribution is 2.19. The van der Waals surface area contributed by atoms with Gasteiger partial charge in [-0.3, -0.25) is 0 Å². The maximum atomic E-state index is 5.82. The highest BCUT2D eigenvalue weighted by Gasteiger charge is 2.23. The number of rotatable bonds is 4. The molecule has 2 fully saturated rings. The number of nitrogens with one attached hydrogen (secondary N) is 1. The van der Waals surface area contributed by atoms with Crippen molar-refractivity contribution in [3.63, 3.8) is 0 Å². The average molecular weight is 374 g/mol. The Hall–Kier alpha value is -1.82. The molecule has 6 heteroatoms. The first kappa shape index (κ1) is 19.9. The molecule has 27 heavy (non-hydrogen) atoms. The largest absolute Gasteiger partial charge is 0.372 e. The molecule has 1 aromatic rings. The van der Waals surface area contributed by atoms with Crippen LogP contribution in [0.25, 0.3) is 0 Å². The number of hydrogen-bond donors (Lipinski definition) is 1. The predicted octanol–water partition coefficient (Wildman–Crippen LogP) is 2.89. The molecule has 0 saturated carbocycles. The quantitative estimate of drug-likeness (QED) is 0.650. The molecule has 2 aliphatic rings. The molecule has 0 aromatic carbocycles. The number of likely N-dealkylation sites (tertiary alicyclic amines) is 1. The van der Waals surface area contributed by atoms with Gasteiger partial charge in [-0.25, -0.2) is 9.98 Å². The Morgan fingerprint density at radius 1 is 1.22 bits per heavy atom. The van der Waals surface area contributed by atoms with Gasteiger partial charge in [0, 0.05) is 38.9 Å². The lowest BCUT2D eigenvalue weighted by Crippen LogP contribution is -2.46. The van der Waals surface area contributed by atoms with Crippen LogP contribution < -0.4 is 10.2 Å². The van der Waals surface area contributed by atoms with Crippen molar-refractivity contribution in [1.29, 1.82) is 0 Å². The number of hydrogen-bond acceptors (Lipinski definition) is 4. The maximum absolute atomic E-state index is 5.82. The highest BCUT2D eigenvalue weighted by atomic mass is 16.5. The normalized spacial score (nSPS) is 27.0. The van der Waals surface area contributed by atoms with Gasteiger partial charge in [0.15, 0.2) is 5.96 Å². The summed E-state index contributed by atoms with van der Waals surface area (Å²) in [6.07, 6.45) is 5.02. The summed E-state index contributed by atoms with van der Waals surface area (Å²) in [6, 6.07) is 4.27. The van der Waals surface area contributed by atoms with E-state index in [1.807, 2.05) is 6.20 Å². The number of nitrogens with zero attached hydrogens (tertiary/aromatic N) is 4. The zero-order chi connectivity index (χ0) is 19.2. The number of ether oxygens (including phenoxy) is 1. The van der Waals surface area contributed by atoms with E-state index in [9.17, 15) is 0 Å². The third-order valence-electron chi connectivity index (χ3n) is 5.26. The summed E-state index contributed by atoms with van der Waals surface area (Å²) in [5.41, 5.74) is 1.15. The van der Waals surface area contributed by atoms with Crippen molar-refractivity contribution in [2.75, 3.05) is 37.6 Å². The lowest BCUT2D eigenvalue weighted by molar-refractivity contribution is -0.00545. The van der Waals surface area contributed by atoms with Gasteiger partial charge in [0.25, 0.3) is 0 Å². The molecule has 3 unspecified atom stereocenters. The molecule has 150 valence electrons. The zero-order valence-corrected chi connectivity index (χ0v) is 17.3. The van der Waals surface area contributed by atoms with Crippen LogP contribution >= 0.6 is 0 Å². The summed E-state index contributed by atoms with van der Waals surface area (Å²) in [4.78, 5) is 14.3. The molecule has 3 heterocycles. The fourth-order valence-electron chi connectivity index (χ4n) is 4.04. The van der Waals surface area contributed by atoms with Crippen LogP contribution in [0.3, 0.4) is 0 Å². The van der Waals surface area contributed by atoms with E-state index in [1.165, 1.54) is 12.8 Å². The van der Waals surface area contributed by atoms with Crippen LogP contribution in [0.5, 0.6) is 0 Å². The number of morpholine rings is 1. The maximum Gasteiger partial charge on any atom is 0.194 e. The minimum Gasteiger partial charge on any atom is -0.372 e. The number of aliphatic imine (C=N–C) groups is 1. The van der Waals surface area contributed by atoms with E-state index < -0.39 is 0 Å². The van der Waals surface area contributed by atoms with Gasteiger partial charge in [0.05, 0.1) is 18.8 Å². The Labute approximate surface area is 164 Å². The van der Waals surface area contributed by atoms with Crippen molar-refractivity contribution < 1.29 is 4.74 Å². The number of pyridine rings is 1. The van der Waals surface area contributed by atoms with Crippen molar-refractivity contribution in [1.82, 2.24) is 15.2 Å². The van der Waals surface area contributed by atoms with Crippen molar-refractivity contribution in [2.45, 2.75) is 59.3 Å². The van der Waals surface area contributed by atoms with Gasteiger partial charge in [0.1, 0.15) is 5.82 Å². The van der Waals surface area contributed by atoms with Crippen molar-refractivity contribution >= 4 is 11.8 Å². The van der Waals surface area contributed by atoms with Crippen LogP contribution in [0.15, 0.2) is 23.3 Å². The Morgan fingerprint density at radius 2 is 2.00 bits per heavy atom. The second-order valence-electron chi connectivity index (χ2n) is 8.05. The van der Waals surface area contributed by atoms with E-state index in [2.05, 4.69) is 59.9 Å². The van der Waals surface area contributed by atoms with E-state index in [1.54, 1.807) is 0 Å². The fraction of sp³-hybridized carbons (Fsp3) is 0.714. The predicted molar refractivity (Wildman–Crippen MR) is 111 cm³/mol. The Morgan fingerprint density at radius 3 is 2.63 bits per heavy atom. The van der Waals surface area contributed by atoms with E-state index in [0.29, 0.717) is 6.54 Å². The molecule has 1 aromatic heterocycles. The van der Waals surface area contributed by atoms with E-state index in [4.69, 9.17) is 9.73 Å². The van der Waals surface area contributed by atoms with E-state index >= 15 is 0 Å².